The summed E-state index contributed by atoms with van der Waals surface area (Å²) >= 11 is 0.811. The number of hydrogen-bond donors (Lipinski definition) is 2. The lowest BCUT2D eigenvalue weighted by Crippen LogP contribution is -2.32. The largest absolute Gasteiger partial charge is 0.508 e. The van der Waals surface area contributed by atoms with Crippen LogP contribution in [0, 0.1) is 13.8 Å². The number of carbonyl (C=O) groups excluding carboxylic acids is 2. The Labute approximate surface area is 161 Å². The molecular formula is C20H19NO5S. The van der Waals surface area contributed by atoms with Crippen LogP contribution >= 0.6 is 11.8 Å². The molecule has 6 nitrogen and oxygen atoms in total. The van der Waals surface area contributed by atoms with Crippen molar-refractivity contribution in [2.45, 2.75) is 13.8 Å². The molecule has 7 heteroatoms. The summed E-state index contributed by atoms with van der Waals surface area (Å²) in [5.74, 6) is 0.0509. The Morgan fingerprint density at radius 1 is 1.11 bits per heavy atom. The van der Waals surface area contributed by atoms with Crippen molar-refractivity contribution in [2.75, 3.05) is 13.2 Å². The molecule has 27 heavy (non-hydrogen) atoms. The molecule has 0 bridgehead atoms. The van der Waals surface area contributed by atoms with E-state index in [-0.39, 0.29) is 34.8 Å². The van der Waals surface area contributed by atoms with Gasteiger partial charge in [0.25, 0.3) is 11.1 Å². The summed E-state index contributed by atoms with van der Waals surface area (Å²) in [7, 11) is 0. The van der Waals surface area contributed by atoms with E-state index in [0.717, 1.165) is 33.5 Å². The quantitative estimate of drug-likeness (QED) is 0.761. The van der Waals surface area contributed by atoms with Crippen LogP contribution in [0.15, 0.2) is 41.3 Å². The molecule has 2 aromatic rings. The third-order valence-electron chi connectivity index (χ3n) is 4.09. The minimum Gasteiger partial charge on any atom is -0.508 e. The van der Waals surface area contributed by atoms with Gasteiger partial charge in [0.15, 0.2) is 0 Å². The van der Waals surface area contributed by atoms with E-state index in [1.807, 2.05) is 32.0 Å². The SMILES string of the molecule is Cc1ccc(C)c(OCCN2C(=O)S/C(=C\c3ccc(O)cc3O)C2=O)c1. The van der Waals surface area contributed by atoms with E-state index >= 15 is 0 Å². The van der Waals surface area contributed by atoms with Crippen LogP contribution in [-0.2, 0) is 4.79 Å². The molecule has 2 N–H and O–H groups in total. The average molecular weight is 385 g/mol. The number of thioether (sulfide) groups is 1. The second-order valence-corrected chi connectivity index (χ2v) is 7.19. The number of imide groups is 1. The van der Waals surface area contributed by atoms with Gasteiger partial charge in [0.2, 0.25) is 0 Å². The molecule has 0 saturated carbocycles. The third kappa shape index (κ3) is 4.25. The number of hydrogen-bond acceptors (Lipinski definition) is 6. The van der Waals surface area contributed by atoms with Crippen LogP contribution in [0.2, 0.25) is 0 Å². The normalized spacial score (nSPS) is 15.6. The van der Waals surface area contributed by atoms with Crippen molar-refractivity contribution < 1.29 is 24.5 Å². The number of benzene rings is 2. The van der Waals surface area contributed by atoms with Gasteiger partial charge in [0, 0.05) is 11.6 Å². The summed E-state index contributed by atoms with van der Waals surface area (Å²) < 4.78 is 5.72. The van der Waals surface area contributed by atoms with E-state index in [0.29, 0.717) is 5.56 Å². The lowest BCUT2D eigenvalue weighted by molar-refractivity contribution is -0.123. The average Bonchev–Trinajstić information content (AvgIpc) is 2.87. The van der Waals surface area contributed by atoms with Gasteiger partial charge < -0.3 is 14.9 Å². The molecule has 3 rings (SSSR count). The van der Waals surface area contributed by atoms with Crippen LogP contribution in [-0.4, -0.2) is 39.4 Å². The minimum absolute atomic E-state index is 0.0821. The van der Waals surface area contributed by atoms with Crippen molar-refractivity contribution in [1.29, 1.82) is 0 Å². The number of rotatable bonds is 5. The van der Waals surface area contributed by atoms with Crippen LogP contribution in [0.25, 0.3) is 6.08 Å². The van der Waals surface area contributed by atoms with E-state index in [9.17, 15) is 19.8 Å². The minimum atomic E-state index is -0.429. The molecule has 0 radical (unpaired) electrons. The Kier molecular flexibility index (Phi) is 5.41. The summed E-state index contributed by atoms with van der Waals surface area (Å²) in [5.41, 5.74) is 2.40. The van der Waals surface area contributed by atoms with Gasteiger partial charge in [-0.3, -0.25) is 14.5 Å². The summed E-state index contributed by atoms with van der Waals surface area (Å²) in [6.07, 6.45) is 1.44. The van der Waals surface area contributed by atoms with Gasteiger partial charge in [-0.2, -0.15) is 0 Å². The molecular weight excluding hydrogens is 366 g/mol. The molecule has 0 spiro atoms. The van der Waals surface area contributed by atoms with Gasteiger partial charge in [-0.25, -0.2) is 0 Å². The van der Waals surface area contributed by atoms with E-state index in [1.54, 1.807) is 0 Å². The summed E-state index contributed by atoms with van der Waals surface area (Å²) in [6, 6.07) is 9.90. The fourth-order valence-corrected chi connectivity index (χ4v) is 3.45. The lowest BCUT2D eigenvalue weighted by Gasteiger charge is -2.14. The van der Waals surface area contributed by atoms with Gasteiger partial charge in [0.05, 0.1) is 11.4 Å². The van der Waals surface area contributed by atoms with Crippen molar-refractivity contribution in [3.05, 3.63) is 58.0 Å². The molecule has 2 amide bonds. The Hall–Kier alpha value is -2.93. The Morgan fingerprint density at radius 3 is 2.63 bits per heavy atom. The van der Waals surface area contributed by atoms with Crippen molar-refractivity contribution in [1.82, 2.24) is 4.90 Å². The van der Waals surface area contributed by atoms with Crippen molar-refractivity contribution in [3.63, 3.8) is 0 Å². The zero-order valence-electron chi connectivity index (χ0n) is 14.9. The van der Waals surface area contributed by atoms with Crippen LogP contribution in [0.3, 0.4) is 0 Å². The maximum absolute atomic E-state index is 12.5. The smallest absolute Gasteiger partial charge is 0.293 e. The predicted molar refractivity (Wildman–Crippen MR) is 104 cm³/mol. The Balaban J connectivity index is 1.67. The first-order valence-electron chi connectivity index (χ1n) is 8.32. The van der Waals surface area contributed by atoms with Crippen LogP contribution in [0.1, 0.15) is 16.7 Å². The maximum atomic E-state index is 12.5. The monoisotopic (exact) mass is 385 g/mol. The standard InChI is InChI=1S/C20H19NO5S/c1-12-3-4-13(2)17(9-12)26-8-7-21-19(24)18(27-20(21)25)10-14-5-6-15(22)11-16(14)23/h3-6,9-11,22-23H,7-8H2,1-2H3/b18-10-. The zero-order chi connectivity index (χ0) is 19.6. The summed E-state index contributed by atoms with van der Waals surface area (Å²) in [4.78, 5) is 26.0. The maximum Gasteiger partial charge on any atom is 0.293 e. The van der Waals surface area contributed by atoms with Gasteiger partial charge in [-0.05, 0) is 61.0 Å². The van der Waals surface area contributed by atoms with Crippen molar-refractivity contribution in [2.24, 2.45) is 0 Å². The number of aryl methyl sites for hydroxylation is 2. The lowest BCUT2D eigenvalue weighted by atomic mass is 10.1. The second kappa shape index (κ2) is 7.75. The van der Waals surface area contributed by atoms with Gasteiger partial charge in [-0.15, -0.1) is 0 Å². The number of nitrogens with zero attached hydrogens (tertiary/aromatic N) is 1. The molecule has 2 aromatic carbocycles. The fourth-order valence-electron chi connectivity index (χ4n) is 2.60. The number of aromatic hydroxyl groups is 2. The first kappa shape index (κ1) is 18.8. The first-order chi connectivity index (χ1) is 12.8. The molecule has 1 fully saturated rings. The summed E-state index contributed by atoms with van der Waals surface area (Å²) in [5, 5.41) is 18.8. The molecule has 0 aromatic heterocycles. The highest BCUT2D eigenvalue weighted by Crippen LogP contribution is 2.34. The molecule has 0 unspecified atom stereocenters. The number of amides is 2. The predicted octanol–water partition coefficient (Wildman–Crippen LogP) is 3.83. The Morgan fingerprint density at radius 2 is 1.89 bits per heavy atom. The molecule has 1 heterocycles. The summed E-state index contributed by atoms with van der Waals surface area (Å²) in [6.45, 7) is 4.23. The highest BCUT2D eigenvalue weighted by Gasteiger charge is 2.35. The third-order valence-corrected chi connectivity index (χ3v) is 5.00. The molecule has 1 saturated heterocycles. The zero-order valence-corrected chi connectivity index (χ0v) is 15.7. The number of phenols is 2. The number of ether oxygens (including phenoxy) is 1. The molecule has 0 aliphatic carbocycles. The molecule has 140 valence electrons. The van der Waals surface area contributed by atoms with Crippen molar-refractivity contribution in [3.8, 4) is 17.2 Å². The van der Waals surface area contributed by atoms with Crippen molar-refractivity contribution >= 4 is 29.0 Å². The van der Waals surface area contributed by atoms with Crippen LogP contribution in [0.5, 0.6) is 17.2 Å². The molecule has 1 aliphatic heterocycles. The van der Waals surface area contributed by atoms with Gasteiger partial charge in [0.1, 0.15) is 23.9 Å². The fraction of sp³-hybridized carbons (Fsp3) is 0.200. The van der Waals surface area contributed by atoms with Gasteiger partial charge >= 0.3 is 0 Å². The van der Waals surface area contributed by atoms with E-state index in [4.69, 9.17) is 4.74 Å². The molecule has 1 aliphatic rings. The Bertz CT molecular complexity index is 938. The highest BCUT2D eigenvalue weighted by molar-refractivity contribution is 8.18. The van der Waals surface area contributed by atoms with E-state index < -0.39 is 5.91 Å². The molecule has 0 atom stereocenters. The van der Waals surface area contributed by atoms with Crippen LogP contribution in [0.4, 0.5) is 4.79 Å². The first-order valence-corrected chi connectivity index (χ1v) is 9.14. The second-order valence-electron chi connectivity index (χ2n) is 6.19. The van der Waals surface area contributed by atoms with E-state index in [1.165, 1.54) is 24.3 Å². The highest BCUT2D eigenvalue weighted by atomic mass is 32.2. The number of phenolic OH excluding ortho intramolecular Hbond substituents is 2. The topological polar surface area (TPSA) is 87.1 Å². The van der Waals surface area contributed by atoms with Crippen LogP contribution < -0.4 is 4.74 Å². The van der Waals surface area contributed by atoms with Gasteiger partial charge in [-0.1, -0.05) is 12.1 Å². The van der Waals surface area contributed by atoms with E-state index in [2.05, 4.69) is 0 Å². The number of carbonyl (C=O) groups is 2.